The molecule has 3 atom stereocenters. The van der Waals surface area contributed by atoms with E-state index in [9.17, 15) is 4.79 Å². The normalized spacial score (nSPS) is 33.6. The second kappa shape index (κ2) is 5.29. The number of oxime groups is 1. The van der Waals surface area contributed by atoms with Gasteiger partial charge >= 0.3 is 5.97 Å². The van der Waals surface area contributed by atoms with Crippen molar-refractivity contribution in [2.24, 2.45) is 17.0 Å². The molecule has 0 aliphatic heterocycles. The van der Waals surface area contributed by atoms with Crippen molar-refractivity contribution in [3.63, 3.8) is 0 Å². The van der Waals surface area contributed by atoms with Crippen molar-refractivity contribution in [1.82, 2.24) is 0 Å². The lowest BCUT2D eigenvalue weighted by atomic mass is 9.98. The van der Waals surface area contributed by atoms with Crippen LogP contribution in [0.25, 0.3) is 0 Å². The molecule has 0 radical (unpaired) electrons. The van der Waals surface area contributed by atoms with E-state index in [0.717, 1.165) is 18.6 Å². The summed E-state index contributed by atoms with van der Waals surface area (Å²) >= 11 is 1.56. The molecule has 0 amide bonds. The van der Waals surface area contributed by atoms with Gasteiger partial charge in [-0.3, -0.25) is 4.79 Å². The standard InChI is InChI=1S/C12H19NO3S/c1-7(2)16-10(14)6-17-12-9-4-3-8(5-9)11(12)13-15/h7-9,12,15H,3-6H2,1-2H3/b13-11+/t8-,9-,12-/m0/s1. The number of nitrogens with zero attached hydrogens (tertiary/aromatic N) is 1. The number of esters is 1. The van der Waals surface area contributed by atoms with E-state index in [4.69, 9.17) is 9.94 Å². The van der Waals surface area contributed by atoms with Gasteiger partial charge in [-0.15, -0.1) is 11.8 Å². The molecule has 2 bridgehead atoms. The molecule has 2 aliphatic carbocycles. The molecule has 0 aromatic rings. The van der Waals surface area contributed by atoms with E-state index in [1.54, 1.807) is 11.8 Å². The van der Waals surface area contributed by atoms with E-state index in [2.05, 4.69) is 5.16 Å². The minimum atomic E-state index is -0.176. The summed E-state index contributed by atoms with van der Waals surface area (Å²) < 4.78 is 5.10. The first kappa shape index (κ1) is 12.7. The summed E-state index contributed by atoms with van der Waals surface area (Å²) in [5.41, 5.74) is 0.892. The second-order valence-electron chi connectivity index (χ2n) is 5.07. The SMILES string of the molecule is CC(C)OC(=O)CS[C@@H]1/C(=N/O)[C@H]2CC[C@H]1C2. The first-order valence-electron chi connectivity index (χ1n) is 6.14. The molecule has 4 nitrogen and oxygen atoms in total. The lowest BCUT2D eigenvalue weighted by Crippen LogP contribution is -2.27. The van der Waals surface area contributed by atoms with Crippen molar-refractivity contribution in [2.75, 3.05) is 5.75 Å². The molecular formula is C12H19NO3S. The van der Waals surface area contributed by atoms with E-state index in [1.165, 1.54) is 6.42 Å². The molecule has 1 N–H and O–H groups in total. The first-order valence-corrected chi connectivity index (χ1v) is 7.19. The van der Waals surface area contributed by atoms with Gasteiger partial charge in [-0.25, -0.2) is 0 Å². The zero-order valence-corrected chi connectivity index (χ0v) is 11.1. The maximum atomic E-state index is 11.5. The Kier molecular flexibility index (Phi) is 3.97. The van der Waals surface area contributed by atoms with Crippen LogP contribution < -0.4 is 0 Å². The molecule has 17 heavy (non-hydrogen) atoms. The van der Waals surface area contributed by atoms with Crippen LogP contribution in [0.3, 0.4) is 0 Å². The van der Waals surface area contributed by atoms with Crippen LogP contribution in [0.5, 0.6) is 0 Å². The van der Waals surface area contributed by atoms with Gasteiger partial charge < -0.3 is 9.94 Å². The number of fused-ring (bicyclic) bond motifs is 2. The summed E-state index contributed by atoms with van der Waals surface area (Å²) in [5.74, 6) is 1.21. The number of hydrogen-bond donors (Lipinski definition) is 1. The fourth-order valence-electron chi connectivity index (χ4n) is 2.85. The molecule has 2 rings (SSSR count). The molecule has 0 spiro atoms. The number of carbonyl (C=O) groups is 1. The van der Waals surface area contributed by atoms with Crippen LogP contribution in [-0.4, -0.2) is 34.0 Å². The highest BCUT2D eigenvalue weighted by atomic mass is 32.2. The van der Waals surface area contributed by atoms with Crippen molar-refractivity contribution in [3.05, 3.63) is 0 Å². The summed E-state index contributed by atoms with van der Waals surface area (Å²) in [4.78, 5) is 11.5. The van der Waals surface area contributed by atoms with E-state index >= 15 is 0 Å². The van der Waals surface area contributed by atoms with Crippen LogP contribution in [0.2, 0.25) is 0 Å². The molecule has 0 aromatic carbocycles. The van der Waals surface area contributed by atoms with Gasteiger partial charge in [-0.05, 0) is 39.0 Å². The molecule has 5 heteroatoms. The third-order valence-electron chi connectivity index (χ3n) is 3.47. The molecule has 0 saturated heterocycles. The summed E-state index contributed by atoms with van der Waals surface area (Å²) in [7, 11) is 0. The van der Waals surface area contributed by atoms with Gasteiger partial charge in [-0.2, -0.15) is 0 Å². The Morgan fingerprint density at radius 1 is 1.59 bits per heavy atom. The zero-order chi connectivity index (χ0) is 12.4. The van der Waals surface area contributed by atoms with E-state index < -0.39 is 0 Å². The Bertz CT molecular complexity index is 330. The number of rotatable bonds is 4. The Balaban J connectivity index is 1.85. The van der Waals surface area contributed by atoms with E-state index in [-0.39, 0.29) is 17.3 Å². The van der Waals surface area contributed by atoms with Gasteiger partial charge in [0.15, 0.2) is 0 Å². The topological polar surface area (TPSA) is 58.9 Å². The molecule has 0 aromatic heterocycles. The largest absolute Gasteiger partial charge is 0.462 e. The lowest BCUT2D eigenvalue weighted by Gasteiger charge is -2.21. The second-order valence-corrected chi connectivity index (χ2v) is 6.20. The van der Waals surface area contributed by atoms with Crippen molar-refractivity contribution in [3.8, 4) is 0 Å². The lowest BCUT2D eigenvalue weighted by molar-refractivity contribution is -0.144. The monoisotopic (exact) mass is 257 g/mol. The summed E-state index contributed by atoms with van der Waals surface area (Å²) in [5, 5.41) is 12.7. The van der Waals surface area contributed by atoms with Crippen LogP contribution in [-0.2, 0) is 9.53 Å². The van der Waals surface area contributed by atoms with E-state index in [1.807, 2.05) is 13.8 Å². The summed E-state index contributed by atoms with van der Waals surface area (Å²) in [6, 6.07) is 0. The highest BCUT2D eigenvalue weighted by Gasteiger charge is 2.45. The Labute approximate surface area is 106 Å². The van der Waals surface area contributed by atoms with Gasteiger partial charge in [0.25, 0.3) is 0 Å². The number of hydrogen-bond acceptors (Lipinski definition) is 5. The van der Waals surface area contributed by atoms with Crippen molar-refractivity contribution in [2.45, 2.75) is 44.5 Å². The minimum absolute atomic E-state index is 0.0610. The average molecular weight is 257 g/mol. The minimum Gasteiger partial charge on any atom is -0.462 e. The molecule has 2 fully saturated rings. The van der Waals surface area contributed by atoms with Crippen LogP contribution in [0.15, 0.2) is 5.16 Å². The zero-order valence-electron chi connectivity index (χ0n) is 10.3. The van der Waals surface area contributed by atoms with Gasteiger partial charge in [-0.1, -0.05) is 5.16 Å². The molecule has 2 aliphatic rings. The maximum absolute atomic E-state index is 11.5. The van der Waals surface area contributed by atoms with Crippen LogP contribution in [0.4, 0.5) is 0 Å². The predicted molar refractivity (Wildman–Crippen MR) is 67.5 cm³/mol. The predicted octanol–water partition coefficient (Wildman–Crippen LogP) is 2.30. The van der Waals surface area contributed by atoms with Gasteiger partial charge in [0, 0.05) is 5.92 Å². The highest BCUT2D eigenvalue weighted by molar-refractivity contribution is 8.01. The fraction of sp³-hybridized carbons (Fsp3) is 0.833. The fourth-order valence-corrected chi connectivity index (χ4v) is 4.16. The molecule has 0 unspecified atom stereocenters. The van der Waals surface area contributed by atoms with E-state index in [0.29, 0.717) is 17.6 Å². The van der Waals surface area contributed by atoms with Crippen LogP contribution in [0, 0.1) is 11.8 Å². The number of thioether (sulfide) groups is 1. The van der Waals surface area contributed by atoms with Crippen LogP contribution in [0.1, 0.15) is 33.1 Å². The quantitative estimate of drug-likeness (QED) is 0.477. The Morgan fingerprint density at radius 2 is 2.35 bits per heavy atom. The third-order valence-corrected chi connectivity index (χ3v) is 4.86. The number of carbonyl (C=O) groups excluding carboxylic acids is 1. The molecule has 2 saturated carbocycles. The molecule has 0 heterocycles. The molecular weight excluding hydrogens is 238 g/mol. The highest BCUT2D eigenvalue weighted by Crippen LogP contribution is 2.47. The first-order chi connectivity index (χ1) is 8.11. The summed E-state index contributed by atoms with van der Waals surface area (Å²) in [6.07, 6.45) is 3.39. The van der Waals surface area contributed by atoms with Gasteiger partial charge in [0.05, 0.1) is 22.8 Å². The molecule has 96 valence electrons. The summed E-state index contributed by atoms with van der Waals surface area (Å²) in [6.45, 7) is 3.70. The van der Waals surface area contributed by atoms with Crippen molar-refractivity contribution < 1.29 is 14.7 Å². The van der Waals surface area contributed by atoms with Gasteiger partial charge in [0.2, 0.25) is 0 Å². The third kappa shape index (κ3) is 2.76. The van der Waals surface area contributed by atoms with Crippen molar-refractivity contribution in [1.29, 1.82) is 0 Å². The van der Waals surface area contributed by atoms with Crippen molar-refractivity contribution >= 4 is 23.4 Å². The Hall–Kier alpha value is -0.710. The van der Waals surface area contributed by atoms with Crippen LogP contribution >= 0.6 is 11.8 Å². The maximum Gasteiger partial charge on any atom is 0.316 e. The Morgan fingerprint density at radius 3 is 3.00 bits per heavy atom. The number of ether oxygens (including phenoxy) is 1. The smallest absolute Gasteiger partial charge is 0.316 e. The average Bonchev–Trinajstić information content (AvgIpc) is 2.84. The van der Waals surface area contributed by atoms with Gasteiger partial charge in [0.1, 0.15) is 0 Å².